The van der Waals surface area contributed by atoms with Crippen molar-refractivity contribution in [2.24, 2.45) is 0 Å². The lowest BCUT2D eigenvalue weighted by Crippen LogP contribution is -2.07. The van der Waals surface area contributed by atoms with Crippen molar-refractivity contribution in [3.8, 4) is 0 Å². The molecule has 17 heavy (non-hydrogen) atoms. The molecule has 0 aliphatic carbocycles. The molecular weight excluding hydrogens is 214 g/mol. The number of nitrogens with zero attached hydrogens (tertiary/aromatic N) is 1. The quantitative estimate of drug-likeness (QED) is 0.881. The summed E-state index contributed by atoms with van der Waals surface area (Å²) in [6.07, 6.45) is 0.0769. The topological polar surface area (TPSA) is 42.2 Å². The van der Waals surface area contributed by atoms with Crippen LogP contribution in [0.3, 0.4) is 0 Å². The maximum atomic E-state index is 10.9. The summed E-state index contributed by atoms with van der Waals surface area (Å²) in [4.78, 5) is 10.9. The highest BCUT2D eigenvalue weighted by atomic mass is 16.4. The van der Waals surface area contributed by atoms with Crippen LogP contribution in [0.4, 0.5) is 0 Å². The summed E-state index contributed by atoms with van der Waals surface area (Å²) in [5.41, 5.74) is 3.12. The van der Waals surface area contributed by atoms with Gasteiger partial charge in [-0.3, -0.25) is 4.79 Å². The van der Waals surface area contributed by atoms with Crippen molar-refractivity contribution in [1.29, 1.82) is 0 Å². The van der Waals surface area contributed by atoms with Crippen LogP contribution in [0.2, 0.25) is 0 Å². The van der Waals surface area contributed by atoms with Crippen LogP contribution in [0.1, 0.15) is 31.1 Å². The molecule has 1 aromatic carbocycles. The number of aliphatic carboxylic acids is 1. The molecule has 3 nitrogen and oxygen atoms in total. The summed E-state index contributed by atoms with van der Waals surface area (Å²) < 4.78 is 2.20. The summed E-state index contributed by atoms with van der Waals surface area (Å²) in [7, 11) is 0. The van der Waals surface area contributed by atoms with E-state index in [1.165, 1.54) is 5.69 Å². The number of hydrogen-bond donors (Lipinski definition) is 1. The van der Waals surface area contributed by atoms with Gasteiger partial charge in [-0.2, -0.15) is 0 Å². The van der Waals surface area contributed by atoms with Gasteiger partial charge in [0.25, 0.3) is 0 Å². The van der Waals surface area contributed by atoms with E-state index in [0.717, 1.165) is 16.5 Å². The fourth-order valence-electron chi connectivity index (χ4n) is 2.46. The van der Waals surface area contributed by atoms with Gasteiger partial charge in [-0.1, -0.05) is 18.2 Å². The molecular formula is C14H17NO2. The Morgan fingerprint density at radius 3 is 2.71 bits per heavy atom. The number of carboxylic acids is 1. The fourth-order valence-corrected chi connectivity index (χ4v) is 2.46. The van der Waals surface area contributed by atoms with Gasteiger partial charge in [0.05, 0.1) is 11.9 Å². The molecule has 90 valence electrons. The maximum absolute atomic E-state index is 10.9. The Balaban J connectivity index is 2.72. The zero-order chi connectivity index (χ0) is 12.6. The summed E-state index contributed by atoms with van der Waals surface area (Å²) >= 11 is 0. The number of hydrogen-bond acceptors (Lipinski definition) is 1. The van der Waals surface area contributed by atoms with Crippen LogP contribution < -0.4 is 0 Å². The Morgan fingerprint density at radius 1 is 1.41 bits per heavy atom. The number of benzene rings is 1. The highest BCUT2D eigenvalue weighted by molar-refractivity contribution is 5.87. The number of aryl methyl sites for hydroxylation is 1. The Hall–Kier alpha value is -1.77. The van der Waals surface area contributed by atoms with Crippen molar-refractivity contribution in [1.82, 2.24) is 4.57 Å². The van der Waals surface area contributed by atoms with Crippen LogP contribution in [0, 0.1) is 6.92 Å². The van der Waals surface area contributed by atoms with E-state index >= 15 is 0 Å². The molecule has 0 saturated heterocycles. The van der Waals surface area contributed by atoms with Crippen LogP contribution in [-0.4, -0.2) is 15.6 Å². The van der Waals surface area contributed by atoms with Crippen molar-refractivity contribution in [2.45, 2.75) is 33.2 Å². The van der Waals surface area contributed by atoms with Crippen molar-refractivity contribution >= 4 is 16.9 Å². The highest BCUT2D eigenvalue weighted by Gasteiger charge is 2.13. The average Bonchev–Trinajstić information content (AvgIpc) is 2.54. The van der Waals surface area contributed by atoms with Crippen LogP contribution in [0.25, 0.3) is 10.9 Å². The van der Waals surface area contributed by atoms with Gasteiger partial charge in [-0.15, -0.1) is 0 Å². The van der Waals surface area contributed by atoms with Gasteiger partial charge in [0, 0.05) is 17.1 Å². The molecule has 2 aromatic rings. The second-order valence-electron chi connectivity index (χ2n) is 4.67. The molecule has 0 radical (unpaired) electrons. The Kier molecular flexibility index (Phi) is 2.92. The molecule has 0 bridgehead atoms. The predicted octanol–water partition coefficient (Wildman–Crippen LogP) is 3.16. The van der Waals surface area contributed by atoms with E-state index in [1.54, 1.807) is 0 Å². The molecule has 2 rings (SSSR count). The first-order valence-electron chi connectivity index (χ1n) is 5.82. The second-order valence-corrected chi connectivity index (χ2v) is 4.67. The molecule has 0 aliphatic rings. The Labute approximate surface area is 101 Å². The third-order valence-electron chi connectivity index (χ3n) is 2.99. The summed E-state index contributed by atoms with van der Waals surface area (Å²) in [6, 6.07) is 8.30. The molecule has 0 atom stereocenters. The molecule has 0 unspecified atom stereocenters. The lowest BCUT2D eigenvalue weighted by Gasteiger charge is -2.14. The highest BCUT2D eigenvalue weighted by Crippen LogP contribution is 2.27. The van der Waals surface area contributed by atoms with Gasteiger partial charge in [-0.25, -0.2) is 0 Å². The monoisotopic (exact) mass is 231 g/mol. The molecule has 0 spiro atoms. The first-order valence-corrected chi connectivity index (χ1v) is 5.82. The number of carboxylic acid groups (broad SMARTS) is 1. The molecule has 1 N–H and O–H groups in total. The number of carbonyl (C=O) groups is 1. The minimum atomic E-state index is -0.786. The molecule has 0 aliphatic heterocycles. The van der Waals surface area contributed by atoms with E-state index < -0.39 is 5.97 Å². The van der Waals surface area contributed by atoms with Gasteiger partial charge in [-0.05, 0) is 32.4 Å². The fraction of sp³-hybridized carbons (Fsp3) is 0.357. The van der Waals surface area contributed by atoms with Crippen LogP contribution in [0.15, 0.2) is 24.3 Å². The predicted molar refractivity (Wildman–Crippen MR) is 68.4 cm³/mol. The molecule has 0 saturated carbocycles. The van der Waals surface area contributed by atoms with E-state index in [4.69, 9.17) is 5.11 Å². The standard InChI is InChI=1S/C14H17NO2/c1-9(2)15-10(3)7-11-5-4-6-12(14(11)15)8-13(16)17/h4-7,9H,8H2,1-3H3,(H,16,17). The second kappa shape index (κ2) is 4.24. The Bertz CT molecular complexity index is 567. The van der Waals surface area contributed by atoms with Crippen LogP contribution in [-0.2, 0) is 11.2 Å². The van der Waals surface area contributed by atoms with Gasteiger partial charge in [0.2, 0.25) is 0 Å². The molecule has 1 heterocycles. The van der Waals surface area contributed by atoms with Crippen LogP contribution in [0.5, 0.6) is 0 Å². The smallest absolute Gasteiger partial charge is 0.307 e. The number of aromatic nitrogens is 1. The third-order valence-corrected chi connectivity index (χ3v) is 2.99. The van der Waals surface area contributed by atoms with Crippen molar-refractivity contribution in [3.05, 3.63) is 35.5 Å². The van der Waals surface area contributed by atoms with E-state index in [0.29, 0.717) is 6.04 Å². The normalized spacial score (nSPS) is 11.3. The van der Waals surface area contributed by atoms with E-state index in [1.807, 2.05) is 18.2 Å². The summed E-state index contributed by atoms with van der Waals surface area (Å²) in [5, 5.41) is 10.1. The largest absolute Gasteiger partial charge is 0.481 e. The average molecular weight is 231 g/mol. The zero-order valence-corrected chi connectivity index (χ0v) is 10.4. The lowest BCUT2D eigenvalue weighted by atomic mass is 10.1. The summed E-state index contributed by atoms with van der Waals surface area (Å²) in [5.74, 6) is -0.786. The van der Waals surface area contributed by atoms with E-state index in [-0.39, 0.29) is 6.42 Å². The number of rotatable bonds is 3. The minimum Gasteiger partial charge on any atom is -0.481 e. The van der Waals surface area contributed by atoms with Gasteiger partial charge in [0.1, 0.15) is 0 Å². The third kappa shape index (κ3) is 2.05. The van der Waals surface area contributed by atoms with Crippen molar-refractivity contribution in [2.75, 3.05) is 0 Å². The zero-order valence-electron chi connectivity index (χ0n) is 10.4. The van der Waals surface area contributed by atoms with Gasteiger partial charge < -0.3 is 9.67 Å². The van der Waals surface area contributed by atoms with Crippen LogP contribution >= 0.6 is 0 Å². The van der Waals surface area contributed by atoms with Crippen molar-refractivity contribution < 1.29 is 9.90 Å². The van der Waals surface area contributed by atoms with Crippen molar-refractivity contribution in [3.63, 3.8) is 0 Å². The maximum Gasteiger partial charge on any atom is 0.307 e. The SMILES string of the molecule is Cc1cc2cccc(CC(=O)O)c2n1C(C)C. The molecule has 3 heteroatoms. The van der Waals surface area contributed by atoms with Gasteiger partial charge in [0.15, 0.2) is 0 Å². The van der Waals surface area contributed by atoms with E-state index in [9.17, 15) is 4.79 Å². The molecule has 0 fully saturated rings. The summed E-state index contributed by atoms with van der Waals surface area (Å²) in [6.45, 7) is 6.29. The number of para-hydroxylation sites is 1. The first kappa shape index (κ1) is 11.7. The first-order chi connectivity index (χ1) is 8.00. The van der Waals surface area contributed by atoms with E-state index in [2.05, 4.69) is 31.4 Å². The number of fused-ring (bicyclic) bond motifs is 1. The molecule has 0 amide bonds. The Morgan fingerprint density at radius 2 is 2.12 bits per heavy atom. The molecule has 1 aromatic heterocycles. The van der Waals surface area contributed by atoms with Gasteiger partial charge >= 0.3 is 5.97 Å². The lowest BCUT2D eigenvalue weighted by molar-refractivity contribution is -0.136. The minimum absolute atomic E-state index is 0.0769.